The number of hydrogen-bond donors (Lipinski definition) is 2. The second-order valence-electron chi connectivity index (χ2n) is 6.96. The van der Waals surface area contributed by atoms with Crippen molar-refractivity contribution in [1.29, 1.82) is 0 Å². The number of piperidine rings is 1. The van der Waals surface area contributed by atoms with E-state index in [0.717, 1.165) is 32.5 Å². The van der Waals surface area contributed by atoms with Gasteiger partial charge >= 0.3 is 5.97 Å². The van der Waals surface area contributed by atoms with Gasteiger partial charge in [0.1, 0.15) is 0 Å². The van der Waals surface area contributed by atoms with Crippen molar-refractivity contribution in [1.82, 2.24) is 15.0 Å². The van der Waals surface area contributed by atoms with Crippen molar-refractivity contribution in [2.75, 3.05) is 18.4 Å². The van der Waals surface area contributed by atoms with E-state index >= 15 is 0 Å². The number of aromatic carboxylic acids is 1. The molecule has 28 heavy (non-hydrogen) atoms. The Morgan fingerprint density at radius 1 is 1.18 bits per heavy atom. The molecule has 2 N–H and O–H groups in total. The zero-order valence-corrected chi connectivity index (χ0v) is 15.4. The zero-order chi connectivity index (χ0) is 19.3. The van der Waals surface area contributed by atoms with Crippen LogP contribution in [0, 0.1) is 0 Å². The molecule has 7 nitrogen and oxygen atoms in total. The third-order valence-corrected chi connectivity index (χ3v) is 5.00. The third-order valence-electron chi connectivity index (χ3n) is 5.00. The fourth-order valence-electron chi connectivity index (χ4n) is 3.55. The van der Waals surface area contributed by atoms with Gasteiger partial charge in [-0.2, -0.15) is 0 Å². The van der Waals surface area contributed by atoms with Crippen LogP contribution in [-0.2, 0) is 6.54 Å². The molecule has 0 aliphatic carbocycles. The summed E-state index contributed by atoms with van der Waals surface area (Å²) in [7, 11) is 0. The van der Waals surface area contributed by atoms with Crippen LogP contribution in [0.4, 0.5) is 5.82 Å². The minimum atomic E-state index is -1.04. The Morgan fingerprint density at radius 2 is 1.96 bits per heavy atom. The fraction of sp³-hybridized carbons (Fsp3) is 0.286. The molecule has 0 spiro atoms. The number of benzene rings is 1. The molecule has 7 heteroatoms. The standard InChI is InChI=1S/C21H22N4O3/c26-21(27)18-19(16-6-2-1-3-7-16)28-24-20(18)23-17-8-11-25(12-9-17)14-15-5-4-10-22-13-15/h1-7,10,13,17H,8-9,11-12,14H2,(H,23,24)(H,26,27). The van der Waals surface area contributed by atoms with Gasteiger partial charge in [0.15, 0.2) is 17.1 Å². The number of likely N-dealkylation sites (tertiary alicyclic amines) is 1. The number of carbonyl (C=O) groups is 1. The molecule has 0 radical (unpaired) electrons. The molecule has 1 fully saturated rings. The lowest BCUT2D eigenvalue weighted by Gasteiger charge is -2.32. The van der Waals surface area contributed by atoms with Gasteiger partial charge in [-0.15, -0.1) is 0 Å². The smallest absolute Gasteiger partial charge is 0.343 e. The first-order valence-electron chi connectivity index (χ1n) is 9.37. The maximum atomic E-state index is 11.8. The number of pyridine rings is 1. The summed E-state index contributed by atoms with van der Waals surface area (Å²) in [5, 5.41) is 17.0. The summed E-state index contributed by atoms with van der Waals surface area (Å²) in [6.45, 7) is 2.74. The Hall–Kier alpha value is -3.19. The third kappa shape index (κ3) is 4.04. The van der Waals surface area contributed by atoms with Crippen LogP contribution in [0.2, 0.25) is 0 Å². The molecule has 0 bridgehead atoms. The van der Waals surface area contributed by atoms with E-state index in [2.05, 4.69) is 26.4 Å². The summed E-state index contributed by atoms with van der Waals surface area (Å²) in [5.41, 5.74) is 1.99. The largest absolute Gasteiger partial charge is 0.477 e. The van der Waals surface area contributed by atoms with Crippen LogP contribution >= 0.6 is 0 Å². The number of carboxylic acid groups (broad SMARTS) is 1. The lowest BCUT2D eigenvalue weighted by atomic mass is 10.0. The van der Waals surface area contributed by atoms with Crippen LogP contribution in [0.15, 0.2) is 59.4 Å². The Balaban J connectivity index is 1.41. The summed E-state index contributed by atoms with van der Waals surface area (Å²) in [4.78, 5) is 18.4. The molecule has 1 aliphatic heterocycles. The summed E-state index contributed by atoms with van der Waals surface area (Å²) in [6, 6.07) is 13.4. The number of aromatic nitrogens is 2. The first-order chi connectivity index (χ1) is 13.7. The molecule has 4 rings (SSSR count). The van der Waals surface area contributed by atoms with Crippen molar-refractivity contribution in [3.05, 3.63) is 66.0 Å². The average molecular weight is 378 g/mol. The predicted octanol–water partition coefficient (Wildman–Crippen LogP) is 3.51. The molecule has 144 valence electrons. The average Bonchev–Trinajstić information content (AvgIpc) is 3.15. The van der Waals surface area contributed by atoms with E-state index in [1.807, 2.05) is 42.6 Å². The van der Waals surface area contributed by atoms with Crippen LogP contribution < -0.4 is 5.32 Å². The summed E-state index contributed by atoms with van der Waals surface area (Å²) in [6.07, 6.45) is 5.49. The van der Waals surface area contributed by atoms with Crippen molar-refractivity contribution < 1.29 is 14.4 Å². The first kappa shape index (κ1) is 18.2. The lowest BCUT2D eigenvalue weighted by Crippen LogP contribution is -2.38. The molecule has 3 heterocycles. The Morgan fingerprint density at radius 3 is 2.64 bits per heavy atom. The van der Waals surface area contributed by atoms with Gasteiger partial charge in [0, 0.05) is 43.6 Å². The highest BCUT2D eigenvalue weighted by Gasteiger charge is 2.27. The molecule has 1 aromatic carbocycles. The van der Waals surface area contributed by atoms with E-state index < -0.39 is 5.97 Å². The molecule has 0 saturated carbocycles. The first-order valence-corrected chi connectivity index (χ1v) is 9.37. The summed E-state index contributed by atoms with van der Waals surface area (Å²) >= 11 is 0. The van der Waals surface area contributed by atoms with Gasteiger partial charge in [-0.1, -0.05) is 41.6 Å². The van der Waals surface area contributed by atoms with E-state index in [9.17, 15) is 9.90 Å². The van der Waals surface area contributed by atoms with Crippen molar-refractivity contribution in [2.45, 2.75) is 25.4 Å². The number of anilines is 1. The SMILES string of the molecule is O=C(O)c1c(NC2CCN(Cc3cccnc3)CC2)noc1-c1ccccc1. The van der Waals surface area contributed by atoms with Gasteiger partial charge in [-0.05, 0) is 24.5 Å². The number of hydrogen-bond acceptors (Lipinski definition) is 6. The van der Waals surface area contributed by atoms with Gasteiger partial charge < -0.3 is 14.9 Å². The minimum Gasteiger partial charge on any atom is -0.477 e. The number of carboxylic acids is 1. The van der Waals surface area contributed by atoms with Crippen LogP contribution in [0.3, 0.4) is 0 Å². The normalized spacial score (nSPS) is 15.4. The van der Waals surface area contributed by atoms with E-state index in [1.54, 1.807) is 6.20 Å². The molecular formula is C21H22N4O3. The van der Waals surface area contributed by atoms with E-state index in [4.69, 9.17) is 4.52 Å². The Bertz CT molecular complexity index is 919. The van der Waals surface area contributed by atoms with Gasteiger partial charge in [0.05, 0.1) is 0 Å². The van der Waals surface area contributed by atoms with E-state index in [0.29, 0.717) is 11.4 Å². The van der Waals surface area contributed by atoms with Gasteiger partial charge in [0.2, 0.25) is 0 Å². The van der Waals surface area contributed by atoms with Crippen LogP contribution in [-0.4, -0.2) is 45.2 Å². The fourth-order valence-corrected chi connectivity index (χ4v) is 3.55. The van der Waals surface area contributed by atoms with Gasteiger partial charge in [0.25, 0.3) is 0 Å². The molecule has 2 aromatic heterocycles. The van der Waals surface area contributed by atoms with Gasteiger partial charge in [-0.25, -0.2) is 4.79 Å². The quantitative estimate of drug-likeness (QED) is 0.678. The molecule has 0 amide bonds. The highest BCUT2D eigenvalue weighted by molar-refractivity contribution is 5.99. The van der Waals surface area contributed by atoms with E-state index in [-0.39, 0.29) is 17.4 Å². The second kappa shape index (κ2) is 8.22. The number of rotatable bonds is 6. The number of nitrogens with one attached hydrogen (secondary N) is 1. The zero-order valence-electron chi connectivity index (χ0n) is 15.4. The lowest BCUT2D eigenvalue weighted by molar-refractivity contribution is 0.0698. The highest BCUT2D eigenvalue weighted by Crippen LogP contribution is 2.30. The minimum absolute atomic E-state index is 0.0870. The molecular weight excluding hydrogens is 356 g/mol. The van der Waals surface area contributed by atoms with Crippen LogP contribution in [0.5, 0.6) is 0 Å². The summed E-state index contributed by atoms with van der Waals surface area (Å²) in [5.74, 6) is -0.460. The molecule has 0 atom stereocenters. The van der Waals surface area contributed by atoms with E-state index in [1.165, 1.54) is 5.56 Å². The molecule has 1 aliphatic rings. The van der Waals surface area contributed by atoms with Crippen molar-refractivity contribution >= 4 is 11.8 Å². The van der Waals surface area contributed by atoms with Gasteiger partial charge in [-0.3, -0.25) is 9.88 Å². The molecule has 0 unspecified atom stereocenters. The van der Waals surface area contributed by atoms with Crippen molar-refractivity contribution in [3.63, 3.8) is 0 Å². The Labute approximate surface area is 163 Å². The predicted molar refractivity (Wildman–Crippen MR) is 105 cm³/mol. The Kier molecular flexibility index (Phi) is 5.34. The maximum absolute atomic E-state index is 11.8. The molecule has 3 aromatic rings. The van der Waals surface area contributed by atoms with Crippen LogP contribution in [0.1, 0.15) is 28.8 Å². The monoisotopic (exact) mass is 378 g/mol. The highest BCUT2D eigenvalue weighted by atomic mass is 16.5. The van der Waals surface area contributed by atoms with Crippen molar-refractivity contribution in [2.24, 2.45) is 0 Å². The summed E-state index contributed by atoms with van der Waals surface area (Å²) < 4.78 is 5.37. The topological polar surface area (TPSA) is 91.5 Å². The van der Waals surface area contributed by atoms with Crippen LogP contribution in [0.25, 0.3) is 11.3 Å². The van der Waals surface area contributed by atoms with Crippen molar-refractivity contribution in [3.8, 4) is 11.3 Å². The second-order valence-corrected chi connectivity index (χ2v) is 6.96. The number of nitrogens with zero attached hydrogens (tertiary/aromatic N) is 3. The molecule has 1 saturated heterocycles. The maximum Gasteiger partial charge on any atom is 0.343 e.